The lowest BCUT2D eigenvalue weighted by Gasteiger charge is -2.28. The number of nitrogens with zero attached hydrogens (tertiary/aromatic N) is 1. The van der Waals surface area contributed by atoms with Crippen molar-refractivity contribution in [3.8, 4) is 11.5 Å². The number of aromatic hydroxyl groups is 1. The third kappa shape index (κ3) is 6.44. The van der Waals surface area contributed by atoms with Gasteiger partial charge in [0.05, 0.1) is 13.2 Å². The van der Waals surface area contributed by atoms with Gasteiger partial charge >= 0.3 is 0 Å². The van der Waals surface area contributed by atoms with Crippen molar-refractivity contribution in [3.05, 3.63) is 58.1 Å². The highest BCUT2D eigenvalue weighted by atomic mass is 79.9. The SMILES string of the molecule is Br.COCC(C)Oc1ccc2c(c1)C(=N)N(CC(=O)c1cc(C(C)(C)C)c(O)c(C(C)(C)C)c1)C2. The molecule has 0 amide bonds. The number of benzene rings is 2. The van der Waals surface area contributed by atoms with Crippen LogP contribution in [-0.4, -0.2) is 48.0 Å². The molecular weight excluding hydrogens is 508 g/mol. The largest absolute Gasteiger partial charge is 0.507 e. The number of hydrogen-bond acceptors (Lipinski definition) is 5. The Kier molecular flexibility index (Phi) is 8.83. The summed E-state index contributed by atoms with van der Waals surface area (Å²) in [5.41, 5.74) is 3.24. The molecule has 192 valence electrons. The second-order valence-electron chi connectivity index (χ2n) is 11.3. The van der Waals surface area contributed by atoms with Gasteiger partial charge in [0, 0.05) is 35.9 Å². The molecule has 35 heavy (non-hydrogen) atoms. The number of fused-ring (bicyclic) bond motifs is 1. The second kappa shape index (κ2) is 10.7. The van der Waals surface area contributed by atoms with Crippen LogP contribution in [-0.2, 0) is 22.1 Å². The first-order valence-corrected chi connectivity index (χ1v) is 11.8. The number of Topliss-reactive ketones (excluding diaryl/α,β-unsaturated/α-hetero) is 1. The van der Waals surface area contributed by atoms with Gasteiger partial charge in [-0.2, -0.15) is 0 Å². The fourth-order valence-corrected chi connectivity index (χ4v) is 4.28. The molecule has 0 fully saturated rings. The Labute approximate surface area is 219 Å². The minimum Gasteiger partial charge on any atom is -0.507 e. The lowest BCUT2D eigenvalue weighted by Crippen LogP contribution is -2.30. The van der Waals surface area contributed by atoms with E-state index in [1.165, 1.54) is 0 Å². The number of amidine groups is 1. The standard InChI is InChI=1S/C28H38N2O4.BrH/c1-17(16-33-8)34-20-10-9-18-14-30(26(29)21(18)13-20)15-24(31)19-11-22(27(2,3)4)25(32)23(12-19)28(5,6)7;/h9-13,17,29,32H,14-16H2,1-8H3;1H. The number of phenols is 1. The van der Waals surface area contributed by atoms with Gasteiger partial charge in [0.15, 0.2) is 5.78 Å². The Bertz CT molecular complexity index is 1060. The van der Waals surface area contributed by atoms with Crippen LogP contribution in [0.3, 0.4) is 0 Å². The third-order valence-corrected chi connectivity index (χ3v) is 6.13. The van der Waals surface area contributed by atoms with Crippen molar-refractivity contribution in [1.82, 2.24) is 4.90 Å². The zero-order valence-electron chi connectivity index (χ0n) is 22.1. The molecule has 1 atom stereocenters. The van der Waals surface area contributed by atoms with E-state index in [1.807, 2.05) is 78.8 Å². The molecule has 0 aromatic heterocycles. The van der Waals surface area contributed by atoms with Gasteiger partial charge in [0.1, 0.15) is 23.4 Å². The average Bonchev–Trinajstić information content (AvgIpc) is 3.01. The smallest absolute Gasteiger partial charge is 0.182 e. The number of phenolic OH excluding ortho intramolecular Hbond substituents is 1. The molecule has 2 N–H and O–H groups in total. The van der Waals surface area contributed by atoms with Crippen molar-refractivity contribution in [2.75, 3.05) is 20.3 Å². The Morgan fingerprint density at radius 2 is 1.66 bits per heavy atom. The fourth-order valence-electron chi connectivity index (χ4n) is 4.28. The average molecular weight is 548 g/mol. The van der Waals surface area contributed by atoms with E-state index in [2.05, 4.69) is 0 Å². The summed E-state index contributed by atoms with van der Waals surface area (Å²) in [6.45, 7) is 15.2. The molecule has 0 aliphatic carbocycles. The molecule has 0 spiro atoms. The van der Waals surface area contributed by atoms with Crippen molar-refractivity contribution in [2.24, 2.45) is 0 Å². The molecule has 1 unspecified atom stereocenters. The van der Waals surface area contributed by atoms with E-state index in [-0.39, 0.29) is 52.0 Å². The molecular formula is C28H39BrN2O4. The summed E-state index contributed by atoms with van der Waals surface area (Å²) >= 11 is 0. The zero-order chi connectivity index (χ0) is 25.4. The van der Waals surface area contributed by atoms with Crippen LogP contribution < -0.4 is 4.74 Å². The van der Waals surface area contributed by atoms with Gasteiger partial charge in [-0.3, -0.25) is 10.2 Å². The minimum absolute atomic E-state index is 0. The number of hydrogen-bond donors (Lipinski definition) is 2. The van der Waals surface area contributed by atoms with Crippen LogP contribution in [0.2, 0.25) is 0 Å². The summed E-state index contributed by atoms with van der Waals surface area (Å²) in [6.07, 6.45) is -0.0974. The van der Waals surface area contributed by atoms with E-state index in [1.54, 1.807) is 12.0 Å². The van der Waals surface area contributed by atoms with Crippen molar-refractivity contribution in [3.63, 3.8) is 0 Å². The molecule has 1 aliphatic rings. The summed E-state index contributed by atoms with van der Waals surface area (Å²) in [6, 6.07) is 9.34. The number of nitrogens with one attached hydrogen (secondary N) is 1. The van der Waals surface area contributed by atoms with E-state index < -0.39 is 0 Å². The fraction of sp³-hybridized carbons (Fsp3) is 0.500. The number of carbonyl (C=O) groups is 1. The maximum Gasteiger partial charge on any atom is 0.182 e. The third-order valence-electron chi connectivity index (χ3n) is 6.13. The number of ketones is 1. The Morgan fingerprint density at radius 3 is 2.17 bits per heavy atom. The molecule has 0 radical (unpaired) electrons. The summed E-state index contributed by atoms with van der Waals surface area (Å²) in [5, 5.41) is 19.6. The molecule has 1 heterocycles. The molecule has 6 nitrogen and oxygen atoms in total. The zero-order valence-corrected chi connectivity index (χ0v) is 23.8. The monoisotopic (exact) mass is 546 g/mol. The van der Waals surface area contributed by atoms with Crippen molar-refractivity contribution < 1.29 is 19.4 Å². The van der Waals surface area contributed by atoms with Crippen LogP contribution >= 0.6 is 17.0 Å². The van der Waals surface area contributed by atoms with Crippen LogP contribution in [0.25, 0.3) is 0 Å². The van der Waals surface area contributed by atoms with Gasteiger partial charge < -0.3 is 19.5 Å². The van der Waals surface area contributed by atoms with Gasteiger partial charge in [0.25, 0.3) is 0 Å². The topological polar surface area (TPSA) is 82.9 Å². The summed E-state index contributed by atoms with van der Waals surface area (Å²) in [7, 11) is 1.64. The van der Waals surface area contributed by atoms with E-state index >= 15 is 0 Å². The van der Waals surface area contributed by atoms with Crippen LogP contribution in [0.5, 0.6) is 11.5 Å². The Morgan fingerprint density at radius 1 is 1.09 bits per heavy atom. The van der Waals surface area contributed by atoms with E-state index in [9.17, 15) is 9.90 Å². The first kappa shape index (κ1) is 28.9. The molecule has 0 saturated heterocycles. The van der Waals surface area contributed by atoms with Crippen LogP contribution in [0, 0.1) is 5.41 Å². The highest BCUT2D eigenvalue weighted by Crippen LogP contribution is 2.40. The Hall–Kier alpha value is -2.38. The predicted molar refractivity (Wildman–Crippen MR) is 146 cm³/mol. The summed E-state index contributed by atoms with van der Waals surface area (Å²) in [4.78, 5) is 15.2. The van der Waals surface area contributed by atoms with Gasteiger partial charge in [-0.25, -0.2) is 0 Å². The lowest BCUT2D eigenvalue weighted by molar-refractivity contribution is 0.0920. The molecule has 7 heteroatoms. The number of halogens is 1. The normalized spacial score (nSPS) is 14.4. The van der Waals surface area contributed by atoms with Crippen molar-refractivity contribution in [1.29, 1.82) is 5.41 Å². The van der Waals surface area contributed by atoms with Crippen molar-refractivity contribution in [2.45, 2.75) is 71.9 Å². The Balaban J connectivity index is 0.00000432. The highest BCUT2D eigenvalue weighted by Gasteiger charge is 2.30. The number of methoxy groups -OCH3 is 1. The highest BCUT2D eigenvalue weighted by molar-refractivity contribution is 8.93. The maximum absolute atomic E-state index is 13.4. The molecule has 2 aromatic rings. The van der Waals surface area contributed by atoms with E-state index in [0.717, 1.165) is 22.3 Å². The first-order valence-electron chi connectivity index (χ1n) is 11.8. The van der Waals surface area contributed by atoms with Crippen molar-refractivity contribution >= 4 is 28.6 Å². The molecule has 2 aromatic carbocycles. The molecule has 0 bridgehead atoms. The van der Waals surface area contributed by atoms with Gasteiger partial charge in [-0.1, -0.05) is 47.6 Å². The van der Waals surface area contributed by atoms with Crippen LogP contribution in [0.15, 0.2) is 30.3 Å². The van der Waals surface area contributed by atoms with Crippen LogP contribution in [0.1, 0.15) is 81.1 Å². The van der Waals surface area contributed by atoms with Gasteiger partial charge in [-0.05, 0) is 47.6 Å². The lowest BCUT2D eigenvalue weighted by atomic mass is 9.78. The predicted octanol–water partition coefficient (Wildman–Crippen LogP) is 6.00. The molecule has 1 aliphatic heterocycles. The van der Waals surface area contributed by atoms with E-state index in [0.29, 0.717) is 30.3 Å². The van der Waals surface area contributed by atoms with E-state index in [4.69, 9.17) is 14.9 Å². The summed E-state index contributed by atoms with van der Waals surface area (Å²) in [5.74, 6) is 1.19. The first-order chi connectivity index (χ1) is 15.7. The number of carbonyl (C=O) groups excluding carboxylic acids is 1. The minimum atomic E-state index is -0.312. The number of ether oxygens (including phenoxy) is 2. The molecule has 3 rings (SSSR count). The van der Waals surface area contributed by atoms with Crippen LogP contribution in [0.4, 0.5) is 0 Å². The van der Waals surface area contributed by atoms with Gasteiger partial charge in [0.2, 0.25) is 0 Å². The quantitative estimate of drug-likeness (QED) is 0.416. The molecule has 0 saturated carbocycles. The summed E-state index contributed by atoms with van der Waals surface area (Å²) < 4.78 is 11.0. The second-order valence-corrected chi connectivity index (χ2v) is 11.3. The number of rotatable bonds is 7. The van der Waals surface area contributed by atoms with Gasteiger partial charge in [-0.15, -0.1) is 17.0 Å². The maximum atomic E-state index is 13.4.